The fourth-order valence-electron chi connectivity index (χ4n) is 2.94. The largest absolute Gasteiger partial charge is 0.491 e. The second kappa shape index (κ2) is 8.73. The van der Waals surface area contributed by atoms with Crippen molar-refractivity contribution in [1.82, 2.24) is 10.2 Å². The summed E-state index contributed by atoms with van der Waals surface area (Å²) in [5.74, 6) is 0.859. The standard InChI is InChI=1S/C20H32N2O4/c1-14(2)25-18-9-7-6-8-15(18)10-21-11-16-12-22(13-17(16)23)19(24)26-20(3,4)5/h6-9,14,16-17,21,23H,10-13H2,1-5H3. The fraction of sp³-hybridized carbons (Fsp3) is 0.650. The number of likely N-dealkylation sites (tertiary alicyclic amines) is 1. The normalized spacial score (nSPS) is 20.5. The minimum Gasteiger partial charge on any atom is -0.491 e. The molecule has 0 radical (unpaired) electrons. The Hall–Kier alpha value is -1.79. The maximum atomic E-state index is 12.2. The first-order valence-electron chi connectivity index (χ1n) is 9.27. The zero-order valence-corrected chi connectivity index (χ0v) is 16.5. The molecule has 0 bridgehead atoms. The van der Waals surface area contributed by atoms with E-state index in [2.05, 4.69) is 5.32 Å². The summed E-state index contributed by atoms with van der Waals surface area (Å²) in [6.07, 6.45) is -0.790. The summed E-state index contributed by atoms with van der Waals surface area (Å²) in [5.41, 5.74) is 0.552. The average Bonchev–Trinajstić information content (AvgIpc) is 2.88. The van der Waals surface area contributed by atoms with E-state index in [4.69, 9.17) is 9.47 Å². The fourth-order valence-corrected chi connectivity index (χ4v) is 2.94. The zero-order valence-electron chi connectivity index (χ0n) is 16.5. The van der Waals surface area contributed by atoms with Gasteiger partial charge in [0, 0.05) is 31.1 Å². The maximum absolute atomic E-state index is 12.2. The van der Waals surface area contributed by atoms with Gasteiger partial charge in [0.1, 0.15) is 11.4 Å². The highest BCUT2D eigenvalue weighted by atomic mass is 16.6. The number of ether oxygens (including phenoxy) is 2. The number of carbonyl (C=O) groups excluding carboxylic acids is 1. The Morgan fingerprint density at radius 1 is 1.31 bits per heavy atom. The van der Waals surface area contributed by atoms with Gasteiger partial charge in [-0.3, -0.25) is 0 Å². The third kappa shape index (κ3) is 6.18. The molecule has 1 aliphatic rings. The van der Waals surface area contributed by atoms with Crippen molar-refractivity contribution in [2.24, 2.45) is 5.92 Å². The highest BCUT2D eigenvalue weighted by molar-refractivity contribution is 5.68. The van der Waals surface area contributed by atoms with Crippen molar-refractivity contribution in [3.63, 3.8) is 0 Å². The molecular formula is C20H32N2O4. The Kier molecular flexibility index (Phi) is 6.89. The lowest BCUT2D eigenvalue weighted by molar-refractivity contribution is 0.0269. The van der Waals surface area contributed by atoms with E-state index in [0.29, 0.717) is 26.2 Å². The van der Waals surface area contributed by atoms with Gasteiger partial charge in [0.15, 0.2) is 0 Å². The molecule has 6 nitrogen and oxygen atoms in total. The summed E-state index contributed by atoms with van der Waals surface area (Å²) >= 11 is 0. The minimum atomic E-state index is -0.544. The van der Waals surface area contributed by atoms with E-state index in [0.717, 1.165) is 11.3 Å². The van der Waals surface area contributed by atoms with Crippen molar-refractivity contribution < 1.29 is 19.4 Å². The number of amides is 1. The Bertz CT molecular complexity index is 598. The van der Waals surface area contributed by atoms with E-state index in [9.17, 15) is 9.90 Å². The first-order chi connectivity index (χ1) is 12.2. The molecule has 1 amide bonds. The van der Waals surface area contributed by atoms with Crippen LogP contribution in [0.1, 0.15) is 40.2 Å². The van der Waals surface area contributed by atoms with Crippen molar-refractivity contribution in [1.29, 1.82) is 0 Å². The molecule has 2 unspecified atom stereocenters. The van der Waals surface area contributed by atoms with E-state index in [1.165, 1.54) is 0 Å². The topological polar surface area (TPSA) is 71.0 Å². The van der Waals surface area contributed by atoms with Gasteiger partial charge in [0.2, 0.25) is 0 Å². The smallest absolute Gasteiger partial charge is 0.410 e. The molecule has 1 aromatic carbocycles. The number of hydrogen-bond donors (Lipinski definition) is 2. The van der Waals surface area contributed by atoms with Crippen LogP contribution in [-0.4, -0.2) is 53.5 Å². The molecule has 1 heterocycles. The highest BCUT2D eigenvalue weighted by Gasteiger charge is 2.35. The van der Waals surface area contributed by atoms with Gasteiger partial charge < -0.3 is 24.8 Å². The molecule has 26 heavy (non-hydrogen) atoms. The summed E-state index contributed by atoms with van der Waals surface area (Å²) < 4.78 is 11.2. The molecule has 6 heteroatoms. The van der Waals surface area contributed by atoms with Gasteiger partial charge >= 0.3 is 6.09 Å². The van der Waals surface area contributed by atoms with Crippen molar-refractivity contribution in [3.8, 4) is 5.75 Å². The Balaban J connectivity index is 1.84. The monoisotopic (exact) mass is 364 g/mol. The molecule has 2 rings (SSSR count). The summed E-state index contributed by atoms with van der Waals surface area (Å²) in [4.78, 5) is 13.7. The number of aliphatic hydroxyl groups is 1. The summed E-state index contributed by atoms with van der Waals surface area (Å²) in [5, 5.41) is 13.6. The second-order valence-electron chi connectivity index (χ2n) is 8.12. The third-order valence-electron chi connectivity index (χ3n) is 4.12. The summed E-state index contributed by atoms with van der Waals surface area (Å²) in [6.45, 7) is 11.6. The van der Waals surface area contributed by atoms with Gasteiger partial charge in [-0.15, -0.1) is 0 Å². The van der Waals surface area contributed by atoms with Crippen molar-refractivity contribution in [2.45, 2.75) is 59.0 Å². The Morgan fingerprint density at radius 2 is 2.00 bits per heavy atom. The zero-order chi connectivity index (χ0) is 19.3. The lowest BCUT2D eigenvalue weighted by atomic mass is 10.1. The number of para-hydroxylation sites is 1. The number of β-amino-alcohol motifs (C(OH)–C–C–N with tert-alkyl or cyclic N) is 1. The number of nitrogens with one attached hydrogen (secondary N) is 1. The number of hydrogen-bond acceptors (Lipinski definition) is 5. The average molecular weight is 364 g/mol. The van der Waals surface area contributed by atoms with Gasteiger partial charge in [0.25, 0.3) is 0 Å². The van der Waals surface area contributed by atoms with Crippen molar-refractivity contribution in [3.05, 3.63) is 29.8 Å². The highest BCUT2D eigenvalue weighted by Crippen LogP contribution is 2.21. The lowest BCUT2D eigenvalue weighted by Gasteiger charge is -2.24. The molecule has 1 saturated heterocycles. The molecule has 0 spiro atoms. The van der Waals surface area contributed by atoms with Crippen LogP contribution in [0.25, 0.3) is 0 Å². The number of rotatable bonds is 6. The number of benzene rings is 1. The van der Waals surface area contributed by atoms with E-state index >= 15 is 0 Å². The predicted octanol–water partition coefficient (Wildman–Crippen LogP) is 2.79. The first-order valence-corrected chi connectivity index (χ1v) is 9.27. The van der Waals surface area contributed by atoms with Crippen LogP contribution in [0.15, 0.2) is 24.3 Å². The van der Waals surface area contributed by atoms with Gasteiger partial charge in [-0.25, -0.2) is 4.79 Å². The summed E-state index contributed by atoms with van der Waals surface area (Å²) in [6, 6.07) is 7.94. The molecule has 1 aliphatic heterocycles. The predicted molar refractivity (Wildman–Crippen MR) is 101 cm³/mol. The number of carbonyl (C=O) groups is 1. The van der Waals surface area contributed by atoms with Crippen LogP contribution >= 0.6 is 0 Å². The molecule has 2 N–H and O–H groups in total. The van der Waals surface area contributed by atoms with Gasteiger partial charge in [-0.05, 0) is 40.7 Å². The summed E-state index contributed by atoms with van der Waals surface area (Å²) in [7, 11) is 0. The van der Waals surface area contributed by atoms with Gasteiger partial charge in [-0.2, -0.15) is 0 Å². The molecule has 146 valence electrons. The van der Waals surface area contributed by atoms with E-state index in [-0.39, 0.29) is 18.1 Å². The number of nitrogens with zero attached hydrogens (tertiary/aromatic N) is 1. The van der Waals surface area contributed by atoms with Crippen molar-refractivity contribution >= 4 is 6.09 Å². The Labute approximate surface area is 156 Å². The Morgan fingerprint density at radius 3 is 2.65 bits per heavy atom. The molecule has 0 saturated carbocycles. The SMILES string of the molecule is CC(C)Oc1ccccc1CNCC1CN(C(=O)OC(C)(C)C)CC1O. The molecule has 2 atom stereocenters. The lowest BCUT2D eigenvalue weighted by Crippen LogP contribution is -2.36. The third-order valence-corrected chi connectivity index (χ3v) is 4.12. The van der Waals surface area contributed by atoms with E-state index < -0.39 is 11.7 Å². The molecule has 1 aromatic rings. The van der Waals surface area contributed by atoms with Crippen LogP contribution in [0, 0.1) is 5.92 Å². The van der Waals surface area contributed by atoms with Crippen LogP contribution in [0.5, 0.6) is 5.75 Å². The molecule has 0 aliphatic carbocycles. The second-order valence-corrected chi connectivity index (χ2v) is 8.12. The maximum Gasteiger partial charge on any atom is 0.410 e. The van der Waals surface area contributed by atoms with Crippen LogP contribution in [0.3, 0.4) is 0 Å². The molecular weight excluding hydrogens is 332 g/mol. The first kappa shape index (κ1) is 20.5. The quantitative estimate of drug-likeness (QED) is 0.812. The van der Waals surface area contributed by atoms with Gasteiger partial charge in [-0.1, -0.05) is 18.2 Å². The van der Waals surface area contributed by atoms with Crippen LogP contribution < -0.4 is 10.1 Å². The minimum absolute atomic E-state index is 0.0132. The van der Waals surface area contributed by atoms with Gasteiger partial charge in [0.05, 0.1) is 18.8 Å². The van der Waals surface area contributed by atoms with Crippen LogP contribution in [0.4, 0.5) is 4.79 Å². The van der Waals surface area contributed by atoms with Crippen LogP contribution in [-0.2, 0) is 11.3 Å². The number of aliphatic hydroxyl groups excluding tert-OH is 1. The van der Waals surface area contributed by atoms with E-state index in [1.807, 2.05) is 58.9 Å². The van der Waals surface area contributed by atoms with Crippen LogP contribution in [0.2, 0.25) is 0 Å². The van der Waals surface area contributed by atoms with E-state index in [1.54, 1.807) is 4.90 Å². The molecule has 1 fully saturated rings. The van der Waals surface area contributed by atoms with Crippen molar-refractivity contribution in [2.75, 3.05) is 19.6 Å². The molecule has 0 aromatic heterocycles.